The minimum absolute atomic E-state index is 0.254. The van der Waals surface area contributed by atoms with Crippen LogP contribution in [0.5, 0.6) is 17.2 Å². The van der Waals surface area contributed by atoms with Crippen LogP contribution in [0.1, 0.15) is 13.8 Å². The monoisotopic (exact) mass is 238 g/mol. The van der Waals surface area contributed by atoms with Crippen LogP contribution in [0.3, 0.4) is 0 Å². The first-order valence-corrected chi connectivity index (χ1v) is 4.64. The van der Waals surface area contributed by atoms with Crippen molar-refractivity contribution in [2.75, 3.05) is 0 Å². The van der Waals surface area contributed by atoms with E-state index in [9.17, 15) is 19.5 Å². The third-order valence-electron chi connectivity index (χ3n) is 1.66. The molecule has 1 N–H and O–H groups in total. The van der Waals surface area contributed by atoms with Crippen LogP contribution in [0.15, 0.2) is 23.0 Å². The molecule has 0 aliphatic rings. The van der Waals surface area contributed by atoms with E-state index in [2.05, 4.69) is 9.47 Å². The molecule has 0 saturated heterocycles. The summed E-state index contributed by atoms with van der Waals surface area (Å²) in [6, 6.07) is 3.04. The molecule has 17 heavy (non-hydrogen) atoms. The molecule has 0 amide bonds. The molecular weight excluding hydrogens is 228 g/mol. The van der Waals surface area contributed by atoms with Crippen molar-refractivity contribution < 1.29 is 24.2 Å². The lowest BCUT2D eigenvalue weighted by molar-refractivity contribution is -0.132. The van der Waals surface area contributed by atoms with Crippen molar-refractivity contribution in [2.45, 2.75) is 13.8 Å². The lowest BCUT2D eigenvalue weighted by Gasteiger charge is -2.01. The van der Waals surface area contributed by atoms with Gasteiger partial charge >= 0.3 is 11.9 Å². The van der Waals surface area contributed by atoms with Gasteiger partial charge in [0.15, 0.2) is 17.2 Å². The van der Waals surface area contributed by atoms with Crippen LogP contribution in [0.2, 0.25) is 0 Å². The summed E-state index contributed by atoms with van der Waals surface area (Å²) < 4.78 is 9.29. The van der Waals surface area contributed by atoms with Gasteiger partial charge in [0.05, 0.1) is 0 Å². The average molecular weight is 238 g/mol. The van der Waals surface area contributed by atoms with Crippen molar-refractivity contribution in [1.29, 1.82) is 0 Å². The Morgan fingerprint density at radius 2 is 1.59 bits per heavy atom. The maximum absolute atomic E-state index is 11.4. The largest absolute Gasteiger partial charge is 0.504 e. The zero-order chi connectivity index (χ0) is 13.0. The van der Waals surface area contributed by atoms with Crippen molar-refractivity contribution in [3.05, 3.63) is 28.4 Å². The van der Waals surface area contributed by atoms with Gasteiger partial charge in [-0.25, -0.2) is 0 Å². The number of ether oxygens (including phenoxy) is 2. The molecule has 0 aromatic heterocycles. The molecule has 1 rings (SSSR count). The normalized spacial score (nSPS) is 9.53. The second-order valence-corrected chi connectivity index (χ2v) is 3.14. The Balaban J connectivity index is 3.32. The summed E-state index contributed by atoms with van der Waals surface area (Å²) in [5, 5.41) is 9.45. The van der Waals surface area contributed by atoms with Crippen LogP contribution in [0.4, 0.5) is 0 Å². The first kappa shape index (κ1) is 12.7. The van der Waals surface area contributed by atoms with Gasteiger partial charge in [0.1, 0.15) is 0 Å². The summed E-state index contributed by atoms with van der Waals surface area (Å²) in [6.07, 6.45) is 0. The Morgan fingerprint density at radius 1 is 1.06 bits per heavy atom. The maximum Gasteiger partial charge on any atom is 0.308 e. The third-order valence-corrected chi connectivity index (χ3v) is 1.66. The fraction of sp³-hybridized carbons (Fsp3) is 0.182. The molecule has 1 aromatic rings. The van der Waals surface area contributed by atoms with Crippen molar-refractivity contribution in [1.82, 2.24) is 0 Å². The molecule has 0 saturated carbocycles. The van der Waals surface area contributed by atoms with Crippen LogP contribution in [-0.4, -0.2) is 17.0 Å². The fourth-order valence-electron chi connectivity index (χ4n) is 1.05. The maximum atomic E-state index is 11.4. The molecule has 0 spiro atoms. The molecule has 0 heterocycles. The molecule has 6 nitrogen and oxygen atoms in total. The van der Waals surface area contributed by atoms with E-state index in [1.54, 1.807) is 0 Å². The van der Waals surface area contributed by atoms with E-state index in [1.807, 2.05) is 0 Å². The van der Waals surface area contributed by atoms with E-state index in [0.29, 0.717) is 0 Å². The van der Waals surface area contributed by atoms with Crippen LogP contribution in [0, 0.1) is 0 Å². The minimum atomic E-state index is -0.693. The quantitative estimate of drug-likeness (QED) is 0.759. The molecule has 0 atom stereocenters. The molecule has 0 radical (unpaired) electrons. The van der Waals surface area contributed by atoms with Gasteiger partial charge in [-0.3, -0.25) is 14.4 Å². The number of carbonyl (C=O) groups is 2. The van der Waals surface area contributed by atoms with Crippen LogP contribution >= 0.6 is 0 Å². The van der Waals surface area contributed by atoms with Gasteiger partial charge in [-0.1, -0.05) is 0 Å². The van der Waals surface area contributed by atoms with Gasteiger partial charge in [-0.15, -0.1) is 0 Å². The van der Waals surface area contributed by atoms with E-state index >= 15 is 0 Å². The summed E-state index contributed by atoms with van der Waals surface area (Å²) in [7, 11) is 0. The Morgan fingerprint density at radius 3 is 2.12 bits per heavy atom. The number of carbonyl (C=O) groups excluding carboxylic acids is 2. The number of rotatable bonds is 2. The average Bonchev–Trinajstić information content (AvgIpc) is 2.31. The first-order valence-electron chi connectivity index (χ1n) is 4.64. The standard InChI is InChI=1S/C11H10O6/c1-6(12)16-10-5-11(17-7(2)13)9(15)4-3-8(10)14/h3-5,14H,1-2H3. The lowest BCUT2D eigenvalue weighted by atomic mass is 10.4. The minimum Gasteiger partial charge on any atom is -0.504 e. The van der Waals surface area contributed by atoms with Crippen LogP contribution < -0.4 is 14.9 Å². The van der Waals surface area contributed by atoms with Crippen LogP contribution in [-0.2, 0) is 9.59 Å². The van der Waals surface area contributed by atoms with E-state index in [1.165, 1.54) is 0 Å². The third kappa shape index (κ3) is 3.60. The van der Waals surface area contributed by atoms with Gasteiger partial charge in [-0.2, -0.15) is 0 Å². The summed E-state index contributed by atoms with van der Waals surface area (Å²) >= 11 is 0. The van der Waals surface area contributed by atoms with E-state index < -0.39 is 23.1 Å². The Bertz CT molecular complexity index is 520. The zero-order valence-electron chi connectivity index (χ0n) is 9.22. The van der Waals surface area contributed by atoms with Crippen molar-refractivity contribution in [2.24, 2.45) is 0 Å². The van der Waals surface area contributed by atoms with Crippen molar-refractivity contribution in [3.63, 3.8) is 0 Å². The van der Waals surface area contributed by atoms with E-state index in [0.717, 1.165) is 32.0 Å². The topological polar surface area (TPSA) is 89.9 Å². The van der Waals surface area contributed by atoms with Crippen LogP contribution in [0.25, 0.3) is 0 Å². The predicted molar refractivity (Wildman–Crippen MR) is 57.0 cm³/mol. The Labute approximate surface area is 96.4 Å². The predicted octanol–water partition coefficient (Wildman–Crippen LogP) is 0.603. The number of aromatic hydroxyl groups is 1. The second-order valence-electron chi connectivity index (χ2n) is 3.14. The van der Waals surface area contributed by atoms with Gasteiger partial charge < -0.3 is 14.6 Å². The molecule has 0 fully saturated rings. The van der Waals surface area contributed by atoms with Crippen molar-refractivity contribution >= 4 is 11.9 Å². The zero-order valence-corrected chi connectivity index (χ0v) is 9.22. The number of esters is 2. The number of hydrogen-bond acceptors (Lipinski definition) is 6. The Hall–Kier alpha value is -2.37. The molecule has 6 heteroatoms. The highest BCUT2D eigenvalue weighted by molar-refractivity contribution is 5.71. The Kier molecular flexibility index (Phi) is 3.82. The van der Waals surface area contributed by atoms with Gasteiger partial charge in [0.2, 0.25) is 5.43 Å². The second kappa shape index (κ2) is 5.11. The lowest BCUT2D eigenvalue weighted by Crippen LogP contribution is -2.09. The first-order chi connectivity index (χ1) is 7.90. The van der Waals surface area contributed by atoms with Gasteiger partial charge in [0.25, 0.3) is 0 Å². The van der Waals surface area contributed by atoms with E-state index in [-0.39, 0.29) is 11.5 Å². The van der Waals surface area contributed by atoms with Crippen molar-refractivity contribution in [3.8, 4) is 17.2 Å². The molecule has 1 aromatic carbocycles. The molecular formula is C11H10O6. The molecule has 0 aliphatic carbocycles. The highest BCUT2D eigenvalue weighted by Crippen LogP contribution is 2.26. The SMILES string of the molecule is CC(=O)Oc1cc(OC(C)=O)c(=O)ccc1O. The molecule has 0 unspecified atom stereocenters. The highest BCUT2D eigenvalue weighted by Gasteiger charge is 2.10. The summed E-state index contributed by atoms with van der Waals surface area (Å²) in [5.74, 6) is -2.35. The van der Waals surface area contributed by atoms with Gasteiger partial charge in [-0.05, 0) is 12.1 Å². The van der Waals surface area contributed by atoms with E-state index in [4.69, 9.17) is 0 Å². The molecule has 0 bridgehead atoms. The summed E-state index contributed by atoms with van der Waals surface area (Å²) in [6.45, 7) is 2.26. The smallest absolute Gasteiger partial charge is 0.308 e. The highest BCUT2D eigenvalue weighted by atomic mass is 16.5. The molecule has 90 valence electrons. The van der Waals surface area contributed by atoms with Gasteiger partial charge in [0, 0.05) is 19.9 Å². The summed E-state index contributed by atoms with van der Waals surface area (Å²) in [5.41, 5.74) is -0.617. The molecule has 0 aliphatic heterocycles. The fourth-order valence-corrected chi connectivity index (χ4v) is 1.05. The number of hydrogen-bond donors (Lipinski definition) is 1. The summed E-state index contributed by atoms with van der Waals surface area (Å²) in [4.78, 5) is 32.9.